The number of rotatable bonds is 2. The maximum absolute atomic E-state index is 6.09. The van der Waals surface area contributed by atoms with Crippen molar-refractivity contribution >= 4 is 28.5 Å². The minimum Gasteiger partial charge on any atom is -0.382 e. The van der Waals surface area contributed by atoms with Crippen molar-refractivity contribution in [2.45, 2.75) is 34.1 Å². The van der Waals surface area contributed by atoms with E-state index < -0.39 is 0 Å². The highest BCUT2D eigenvalue weighted by molar-refractivity contribution is 5.91. The fraction of sp³-hybridized carbons (Fsp3) is 0.476. The van der Waals surface area contributed by atoms with E-state index in [-0.39, 0.29) is 5.41 Å². The van der Waals surface area contributed by atoms with Crippen LogP contribution in [-0.2, 0) is 0 Å². The van der Waals surface area contributed by atoms with Crippen molar-refractivity contribution in [3.63, 3.8) is 0 Å². The standard InChI is InChI=1S/C21H29N7/c1-12-7-14(21(2,3)4)11-28(10-12)18-9-16(24-20(23)25-18)13-5-6-15-17(8-13)26-27-19(15)22/h5-6,8-9,12,14H,7,10-11H2,1-4H3,(H3,22,26,27)(H2,23,24,25)/t12-,14?/m1/s1. The number of nitrogen functional groups attached to an aromatic ring is 2. The molecule has 4 rings (SSSR count). The number of nitrogens with zero attached hydrogens (tertiary/aromatic N) is 4. The third-order valence-corrected chi connectivity index (χ3v) is 5.83. The zero-order valence-electron chi connectivity index (χ0n) is 17.0. The number of piperidine rings is 1. The Bertz CT molecular complexity index is 1000. The molecule has 0 saturated carbocycles. The molecule has 2 aromatic heterocycles. The highest BCUT2D eigenvalue weighted by Gasteiger charge is 2.33. The van der Waals surface area contributed by atoms with E-state index in [4.69, 9.17) is 11.5 Å². The average Bonchev–Trinajstić information content (AvgIpc) is 3.00. The molecule has 3 heterocycles. The number of nitrogens with two attached hydrogens (primary N) is 2. The van der Waals surface area contributed by atoms with Gasteiger partial charge in [-0.3, -0.25) is 5.10 Å². The Kier molecular flexibility index (Phi) is 4.40. The topological polar surface area (TPSA) is 110 Å². The summed E-state index contributed by atoms with van der Waals surface area (Å²) in [6.07, 6.45) is 1.24. The maximum atomic E-state index is 6.09. The maximum Gasteiger partial charge on any atom is 0.222 e. The Labute approximate surface area is 165 Å². The first-order valence-corrected chi connectivity index (χ1v) is 9.84. The number of fused-ring (bicyclic) bond motifs is 1. The molecule has 0 aliphatic carbocycles. The van der Waals surface area contributed by atoms with Crippen LogP contribution in [0.3, 0.4) is 0 Å². The highest BCUT2D eigenvalue weighted by atomic mass is 15.2. The van der Waals surface area contributed by atoms with E-state index in [1.807, 2.05) is 24.3 Å². The number of H-pyrrole nitrogens is 1. The molecule has 1 unspecified atom stereocenters. The van der Waals surface area contributed by atoms with Crippen molar-refractivity contribution in [1.29, 1.82) is 0 Å². The Hall–Kier alpha value is -2.83. The zero-order valence-corrected chi connectivity index (χ0v) is 17.0. The summed E-state index contributed by atoms with van der Waals surface area (Å²) >= 11 is 0. The summed E-state index contributed by atoms with van der Waals surface area (Å²) in [7, 11) is 0. The van der Waals surface area contributed by atoms with Crippen LogP contribution < -0.4 is 16.4 Å². The molecule has 5 N–H and O–H groups in total. The minimum absolute atomic E-state index is 0.264. The summed E-state index contributed by atoms with van der Waals surface area (Å²) in [5, 5.41) is 7.93. The fourth-order valence-corrected chi connectivity index (χ4v) is 4.13. The van der Waals surface area contributed by atoms with E-state index in [2.05, 4.69) is 52.8 Å². The molecule has 0 amide bonds. The average molecular weight is 380 g/mol. The van der Waals surface area contributed by atoms with Gasteiger partial charge in [0.2, 0.25) is 5.95 Å². The first kappa shape index (κ1) is 18.5. The zero-order chi connectivity index (χ0) is 20.1. The van der Waals surface area contributed by atoms with Gasteiger partial charge in [0.25, 0.3) is 0 Å². The van der Waals surface area contributed by atoms with E-state index in [9.17, 15) is 0 Å². The van der Waals surface area contributed by atoms with E-state index in [0.29, 0.717) is 23.6 Å². The predicted molar refractivity (Wildman–Crippen MR) is 115 cm³/mol. The Morgan fingerprint density at radius 1 is 1.11 bits per heavy atom. The Morgan fingerprint density at radius 2 is 1.89 bits per heavy atom. The van der Waals surface area contributed by atoms with Crippen LogP contribution >= 0.6 is 0 Å². The van der Waals surface area contributed by atoms with Crippen LogP contribution in [0.2, 0.25) is 0 Å². The lowest BCUT2D eigenvalue weighted by Gasteiger charge is -2.43. The van der Waals surface area contributed by atoms with Gasteiger partial charge in [-0.05, 0) is 35.8 Å². The Morgan fingerprint density at radius 3 is 2.64 bits per heavy atom. The van der Waals surface area contributed by atoms with Gasteiger partial charge in [-0.1, -0.05) is 33.8 Å². The van der Waals surface area contributed by atoms with Crippen LogP contribution in [0.4, 0.5) is 17.6 Å². The number of nitrogens with one attached hydrogen (secondary N) is 1. The van der Waals surface area contributed by atoms with Crippen LogP contribution in [0.25, 0.3) is 22.2 Å². The summed E-state index contributed by atoms with van der Waals surface area (Å²) in [5.74, 6) is 2.91. The van der Waals surface area contributed by atoms with Crippen LogP contribution in [0.5, 0.6) is 0 Å². The predicted octanol–water partition coefficient (Wildman–Crippen LogP) is 3.69. The molecule has 2 atom stereocenters. The summed E-state index contributed by atoms with van der Waals surface area (Å²) in [4.78, 5) is 11.4. The Balaban J connectivity index is 1.70. The molecule has 1 saturated heterocycles. The van der Waals surface area contributed by atoms with Crippen molar-refractivity contribution in [1.82, 2.24) is 20.2 Å². The first-order valence-electron chi connectivity index (χ1n) is 9.84. The van der Waals surface area contributed by atoms with E-state index in [1.165, 1.54) is 6.42 Å². The van der Waals surface area contributed by atoms with Gasteiger partial charge < -0.3 is 16.4 Å². The largest absolute Gasteiger partial charge is 0.382 e. The van der Waals surface area contributed by atoms with Crippen molar-refractivity contribution in [2.75, 3.05) is 29.5 Å². The molecule has 1 aliphatic heterocycles. The smallest absolute Gasteiger partial charge is 0.222 e. The molecular weight excluding hydrogens is 350 g/mol. The third kappa shape index (κ3) is 3.48. The van der Waals surface area contributed by atoms with Crippen molar-refractivity contribution in [2.24, 2.45) is 17.3 Å². The number of hydrogen-bond acceptors (Lipinski definition) is 6. The lowest BCUT2D eigenvalue weighted by molar-refractivity contribution is 0.179. The number of aromatic nitrogens is 4. The molecule has 0 bridgehead atoms. The van der Waals surface area contributed by atoms with E-state index >= 15 is 0 Å². The van der Waals surface area contributed by atoms with E-state index in [1.54, 1.807) is 0 Å². The normalized spacial score (nSPS) is 20.6. The molecule has 7 nitrogen and oxygen atoms in total. The first-order chi connectivity index (χ1) is 13.2. The molecular formula is C21H29N7. The number of anilines is 3. The molecule has 1 fully saturated rings. The highest BCUT2D eigenvalue weighted by Crippen LogP contribution is 2.37. The monoisotopic (exact) mass is 379 g/mol. The molecule has 7 heteroatoms. The van der Waals surface area contributed by atoms with Gasteiger partial charge in [0, 0.05) is 30.1 Å². The van der Waals surface area contributed by atoms with Gasteiger partial charge in [0.05, 0.1) is 11.2 Å². The van der Waals surface area contributed by atoms with Gasteiger partial charge in [-0.25, -0.2) is 4.98 Å². The molecule has 0 radical (unpaired) electrons. The molecule has 1 aliphatic rings. The SMILES string of the molecule is C[C@@H]1CC(C(C)(C)C)CN(c2cc(-c3ccc4c(N)n[nH]c4c3)nc(N)n2)C1. The summed E-state index contributed by atoms with van der Waals surface area (Å²) < 4.78 is 0. The number of hydrogen-bond donors (Lipinski definition) is 3. The summed E-state index contributed by atoms with van der Waals surface area (Å²) in [6, 6.07) is 7.99. The van der Waals surface area contributed by atoms with Gasteiger partial charge >= 0.3 is 0 Å². The van der Waals surface area contributed by atoms with Gasteiger partial charge in [-0.15, -0.1) is 0 Å². The molecule has 3 aromatic rings. The van der Waals surface area contributed by atoms with Gasteiger partial charge in [0.15, 0.2) is 5.82 Å². The van der Waals surface area contributed by atoms with Gasteiger partial charge in [0.1, 0.15) is 5.82 Å². The molecule has 1 aromatic carbocycles. The lowest BCUT2D eigenvalue weighted by Crippen LogP contribution is -2.44. The summed E-state index contributed by atoms with van der Waals surface area (Å²) in [6.45, 7) is 11.2. The van der Waals surface area contributed by atoms with Crippen LogP contribution in [0, 0.1) is 17.3 Å². The van der Waals surface area contributed by atoms with E-state index in [0.717, 1.165) is 41.1 Å². The second-order valence-corrected chi connectivity index (χ2v) is 9.15. The number of benzene rings is 1. The van der Waals surface area contributed by atoms with Crippen LogP contribution in [0.15, 0.2) is 24.3 Å². The third-order valence-electron chi connectivity index (χ3n) is 5.83. The molecule has 0 spiro atoms. The van der Waals surface area contributed by atoms with Crippen LogP contribution in [0.1, 0.15) is 34.1 Å². The molecule has 148 valence electrons. The van der Waals surface area contributed by atoms with Crippen molar-refractivity contribution in [3.8, 4) is 11.3 Å². The van der Waals surface area contributed by atoms with Crippen LogP contribution in [-0.4, -0.2) is 33.3 Å². The van der Waals surface area contributed by atoms with Gasteiger partial charge in [-0.2, -0.15) is 10.1 Å². The van der Waals surface area contributed by atoms with Crippen molar-refractivity contribution in [3.05, 3.63) is 24.3 Å². The number of aromatic amines is 1. The van der Waals surface area contributed by atoms with Crippen molar-refractivity contribution < 1.29 is 0 Å². The second-order valence-electron chi connectivity index (χ2n) is 9.15. The summed E-state index contributed by atoms with van der Waals surface area (Å²) in [5.41, 5.74) is 14.9. The minimum atomic E-state index is 0.264. The second kappa shape index (κ2) is 6.65. The quantitative estimate of drug-likeness (QED) is 0.626. The lowest BCUT2D eigenvalue weighted by atomic mass is 9.74. The molecule has 28 heavy (non-hydrogen) atoms. The fourth-order valence-electron chi connectivity index (χ4n) is 4.13.